The third-order valence-corrected chi connectivity index (χ3v) is 1.45. The van der Waals surface area contributed by atoms with Crippen molar-refractivity contribution >= 4 is 5.91 Å². The fourth-order valence-corrected chi connectivity index (χ4v) is 0.883. The molecule has 64 valence electrons. The SMILES string of the molecule is COc1cc(O)ccc1C(N)=O. The maximum absolute atomic E-state index is 10.8. The number of ether oxygens (including phenoxy) is 1. The molecule has 0 saturated carbocycles. The number of carbonyl (C=O) groups is 1. The number of phenolic OH excluding ortho intramolecular Hbond substituents is 1. The van der Waals surface area contributed by atoms with Gasteiger partial charge in [0.2, 0.25) is 0 Å². The van der Waals surface area contributed by atoms with Gasteiger partial charge in [-0.1, -0.05) is 0 Å². The third kappa shape index (κ3) is 1.47. The van der Waals surface area contributed by atoms with E-state index in [-0.39, 0.29) is 17.1 Å². The van der Waals surface area contributed by atoms with Crippen molar-refractivity contribution in [2.24, 2.45) is 5.73 Å². The van der Waals surface area contributed by atoms with Crippen molar-refractivity contribution in [1.82, 2.24) is 0 Å². The molecule has 0 spiro atoms. The van der Waals surface area contributed by atoms with Gasteiger partial charge in [-0.25, -0.2) is 0 Å². The van der Waals surface area contributed by atoms with Crippen molar-refractivity contribution in [2.75, 3.05) is 7.11 Å². The average molecular weight is 167 g/mol. The van der Waals surface area contributed by atoms with E-state index in [0.717, 1.165) is 0 Å². The highest BCUT2D eigenvalue weighted by atomic mass is 16.5. The van der Waals surface area contributed by atoms with E-state index < -0.39 is 5.91 Å². The van der Waals surface area contributed by atoms with Crippen molar-refractivity contribution < 1.29 is 14.6 Å². The van der Waals surface area contributed by atoms with E-state index in [1.165, 1.54) is 25.3 Å². The molecule has 1 aromatic carbocycles. The van der Waals surface area contributed by atoms with E-state index >= 15 is 0 Å². The van der Waals surface area contributed by atoms with Crippen LogP contribution in [0.2, 0.25) is 0 Å². The minimum Gasteiger partial charge on any atom is -0.508 e. The lowest BCUT2D eigenvalue weighted by Gasteiger charge is -2.04. The first kappa shape index (κ1) is 8.39. The molecule has 0 aliphatic heterocycles. The second kappa shape index (κ2) is 3.13. The first-order chi connectivity index (χ1) is 5.65. The summed E-state index contributed by atoms with van der Waals surface area (Å²) in [5, 5.41) is 9.02. The number of nitrogens with two attached hydrogens (primary N) is 1. The van der Waals surface area contributed by atoms with E-state index in [2.05, 4.69) is 0 Å². The van der Waals surface area contributed by atoms with E-state index in [1.807, 2.05) is 0 Å². The maximum atomic E-state index is 10.8. The van der Waals surface area contributed by atoms with Gasteiger partial charge in [-0.3, -0.25) is 4.79 Å². The molecule has 1 aromatic rings. The maximum Gasteiger partial charge on any atom is 0.252 e. The Bertz CT molecular complexity index is 309. The number of rotatable bonds is 2. The van der Waals surface area contributed by atoms with Gasteiger partial charge in [-0.15, -0.1) is 0 Å². The molecule has 0 atom stereocenters. The van der Waals surface area contributed by atoms with Crippen LogP contribution in [0.1, 0.15) is 10.4 Å². The molecule has 0 radical (unpaired) electrons. The number of aromatic hydroxyl groups is 1. The lowest BCUT2D eigenvalue weighted by Crippen LogP contribution is -2.12. The lowest BCUT2D eigenvalue weighted by molar-refractivity contribution is 0.0997. The summed E-state index contributed by atoms with van der Waals surface area (Å²) in [6.07, 6.45) is 0. The molecule has 0 aliphatic carbocycles. The highest BCUT2D eigenvalue weighted by Crippen LogP contribution is 2.22. The summed E-state index contributed by atoms with van der Waals surface area (Å²) in [5.74, 6) is -0.258. The fraction of sp³-hybridized carbons (Fsp3) is 0.125. The van der Waals surface area contributed by atoms with Gasteiger partial charge >= 0.3 is 0 Å². The molecule has 1 rings (SSSR count). The Kier molecular flexibility index (Phi) is 2.19. The van der Waals surface area contributed by atoms with Crippen LogP contribution in [-0.2, 0) is 0 Å². The van der Waals surface area contributed by atoms with Gasteiger partial charge in [-0.2, -0.15) is 0 Å². The first-order valence-electron chi connectivity index (χ1n) is 3.32. The average Bonchev–Trinajstić information content (AvgIpc) is 2.03. The number of phenols is 1. The molecule has 0 aliphatic rings. The monoisotopic (exact) mass is 167 g/mol. The van der Waals surface area contributed by atoms with Crippen LogP contribution in [0.15, 0.2) is 18.2 Å². The van der Waals surface area contributed by atoms with E-state index in [1.54, 1.807) is 0 Å². The molecule has 0 unspecified atom stereocenters. The van der Waals surface area contributed by atoms with Crippen LogP contribution < -0.4 is 10.5 Å². The van der Waals surface area contributed by atoms with Crippen molar-refractivity contribution in [3.8, 4) is 11.5 Å². The second-order valence-corrected chi connectivity index (χ2v) is 2.25. The topological polar surface area (TPSA) is 72.6 Å². The van der Waals surface area contributed by atoms with Crippen LogP contribution in [-0.4, -0.2) is 18.1 Å². The molecule has 0 saturated heterocycles. The predicted octanol–water partition coefficient (Wildman–Crippen LogP) is 0.500. The summed E-state index contributed by atoms with van der Waals surface area (Å²) in [7, 11) is 1.40. The summed E-state index contributed by atoms with van der Waals surface area (Å²) in [4.78, 5) is 10.8. The van der Waals surface area contributed by atoms with Crippen molar-refractivity contribution in [3.63, 3.8) is 0 Å². The summed E-state index contributed by atoms with van der Waals surface area (Å²) in [5.41, 5.74) is 5.30. The van der Waals surface area contributed by atoms with Crippen molar-refractivity contribution in [2.45, 2.75) is 0 Å². The molecular formula is C8H9NO3. The van der Waals surface area contributed by atoms with E-state index in [9.17, 15) is 4.79 Å². The molecule has 0 bridgehead atoms. The molecule has 0 aromatic heterocycles. The summed E-state index contributed by atoms with van der Waals surface area (Å²) >= 11 is 0. The number of carbonyl (C=O) groups excluding carboxylic acids is 1. The number of hydrogen-bond donors (Lipinski definition) is 2. The quantitative estimate of drug-likeness (QED) is 0.673. The van der Waals surface area contributed by atoms with Crippen molar-refractivity contribution in [3.05, 3.63) is 23.8 Å². The Morgan fingerprint density at radius 1 is 1.58 bits per heavy atom. The van der Waals surface area contributed by atoms with Gasteiger partial charge in [-0.05, 0) is 12.1 Å². The Morgan fingerprint density at radius 3 is 2.75 bits per heavy atom. The van der Waals surface area contributed by atoms with Gasteiger partial charge in [0.15, 0.2) is 0 Å². The van der Waals surface area contributed by atoms with Crippen LogP contribution in [0.3, 0.4) is 0 Å². The van der Waals surface area contributed by atoms with Gasteiger partial charge in [0.05, 0.1) is 12.7 Å². The number of amides is 1. The molecule has 4 heteroatoms. The lowest BCUT2D eigenvalue weighted by atomic mass is 10.2. The standard InChI is InChI=1S/C8H9NO3/c1-12-7-4-5(10)2-3-6(7)8(9)11/h2-4,10H,1H3,(H2,9,11). The van der Waals surface area contributed by atoms with Gasteiger partial charge < -0.3 is 15.6 Å². The summed E-state index contributed by atoms with van der Waals surface area (Å²) in [6.45, 7) is 0. The van der Waals surface area contributed by atoms with Gasteiger partial charge in [0, 0.05) is 6.07 Å². The summed E-state index contributed by atoms with van der Waals surface area (Å²) in [6, 6.07) is 4.12. The molecule has 0 fully saturated rings. The highest BCUT2D eigenvalue weighted by molar-refractivity contribution is 5.95. The summed E-state index contributed by atoms with van der Waals surface area (Å²) < 4.78 is 4.83. The van der Waals surface area contributed by atoms with Crippen LogP contribution in [0.25, 0.3) is 0 Å². The van der Waals surface area contributed by atoms with E-state index in [4.69, 9.17) is 15.6 Å². The molecular weight excluding hydrogens is 158 g/mol. The largest absolute Gasteiger partial charge is 0.508 e. The van der Waals surface area contributed by atoms with E-state index in [0.29, 0.717) is 0 Å². The normalized spacial score (nSPS) is 9.42. The Hall–Kier alpha value is -1.71. The molecule has 4 nitrogen and oxygen atoms in total. The minimum absolute atomic E-state index is 0.0388. The number of primary amides is 1. The Morgan fingerprint density at radius 2 is 2.25 bits per heavy atom. The zero-order valence-electron chi connectivity index (χ0n) is 6.57. The number of benzene rings is 1. The van der Waals surface area contributed by atoms with Crippen LogP contribution in [0.5, 0.6) is 11.5 Å². The van der Waals surface area contributed by atoms with Crippen LogP contribution in [0.4, 0.5) is 0 Å². The van der Waals surface area contributed by atoms with Crippen molar-refractivity contribution in [1.29, 1.82) is 0 Å². The Balaban J connectivity index is 3.20. The third-order valence-electron chi connectivity index (χ3n) is 1.45. The van der Waals surface area contributed by atoms with Gasteiger partial charge in [0.1, 0.15) is 11.5 Å². The molecule has 1 amide bonds. The number of hydrogen-bond acceptors (Lipinski definition) is 3. The van der Waals surface area contributed by atoms with Crippen LogP contribution >= 0.6 is 0 Å². The number of methoxy groups -OCH3 is 1. The zero-order chi connectivity index (χ0) is 9.14. The molecule has 12 heavy (non-hydrogen) atoms. The smallest absolute Gasteiger partial charge is 0.252 e. The fourth-order valence-electron chi connectivity index (χ4n) is 0.883. The van der Waals surface area contributed by atoms with Gasteiger partial charge in [0.25, 0.3) is 5.91 Å². The minimum atomic E-state index is -0.577. The first-order valence-corrected chi connectivity index (χ1v) is 3.32. The second-order valence-electron chi connectivity index (χ2n) is 2.25. The molecule has 3 N–H and O–H groups in total. The molecule has 0 heterocycles. The van der Waals surface area contributed by atoms with Crippen LogP contribution in [0, 0.1) is 0 Å². The zero-order valence-corrected chi connectivity index (χ0v) is 6.57. The Labute approximate surface area is 69.6 Å². The highest BCUT2D eigenvalue weighted by Gasteiger charge is 2.08. The predicted molar refractivity (Wildman–Crippen MR) is 43.2 cm³/mol.